The number of hydrogen-bond donors (Lipinski definition) is 0. The molecule has 0 aromatic heterocycles. The minimum atomic E-state index is 0.0639. The molecule has 1 aliphatic heterocycles. The molecule has 26 heavy (non-hydrogen) atoms. The van der Waals surface area contributed by atoms with Crippen molar-refractivity contribution in [3.05, 3.63) is 68.1 Å². The number of rotatable bonds is 6. The maximum atomic E-state index is 6.46. The van der Waals surface area contributed by atoms with Crippen molar-refractivity contribution in [2.24, 2.45) is 0 Å². The first-order valence-corrected chi connectivity index (χ1v) is 10.6. The first-order valence-electron chi connectivity index (χ1n) is 9.38. The van der Waals surface area contributed by atoms with Gasteiger partial charge in [0.15, 0.2) is 0 Å². The summed E-state index contributed by atoms with van der Waals surface area (Å²) in [6.45, 7) is 8.18. The van der Waals surface area contributed by atoms with Crippen molar-refractivity contribution in [3.8, 4) is 0 Å². The van der Waals surface area contributed by atoms with E-state index in [2.05, 4.69) is 52.9 Å². The second-order valence-electron chi connectivity index (χ2n) is 7.20. The largest absolute Gasteiger partial charge is 0.367 e. The van der Waals surface area contributed by atoms with Crippen LogP contribution in [-0.4, -0.2) is 24.5 Å². The number of nitrogens with zero attached hydrogens (tertiary/aromatic N) is 1. The summed E-state index contributed by atoms with van der Waals surface area (Å²) < 4.78 is 7.45. The summed E-state index contributed by atoms with van der Waals surface area (Å²) in [6.07, 6.45) is 3.99. The Hall–Kier alpha value is -0.870. The first-order chi connectivity index (χ1) is 12.5. The van der Waals surface area contributed by atoms with Gasteiger partial charge in [-0.1, -0.05) is 58.2 Å². The van der Waals surface area contributed by atoms with E-state index in [1.54, 1.807) is 0 Å². The van der Waals surface area contributed by atoms with E-state index >= 15 is 0 Å². The molecule has 0 bridgehead atoms. The van der Waals surface area contributed by atoms with Crippen molar-refractivity contribution < 1.29 is 4.74 Å². The lowest BCUT2D eigenvalue weighted by Gasteiger charge is -2.32. The average Bonchev–Trinajstić information content (AvgIpc) is 2.61. The topological polar surface area (TPSA) is 12.5 Å². The molecule has 1 unspecified atom stereocenters. The fourth-order valence-electron chi connectivity index (χ4n) is 3.77. The third kappa shape index (κ3) is 5.10. The fourth-order valence-corrected chi connectivity index (χ4v) is 4.50. The zero-order valence-corrected chi connectivity index (χ0v) is 17.9. The van der Waals surface area contributed by atoms with Crippen LogP contribution in [0.25, 0.3) is 0 Å². The van der Waals surface area contributed by atoms with Gasteiger partial charge in [0.2, 0.25) is 0 Å². The van der Waals surface area contributed by atoms with Crippen LogP contribution in [-0.2, 0) is 11.3 Å². The third-order valence-corrected chi connectivity index (χ3v) is 6.04. The van der Waals surface area contributed by atoms with Gasteiger partial charge in [0.1, 0.15) is 0 Å². The van der Waals surface area contributed by atoms with Crippen molar-refractivity contribution in [3.63, 3.8) is 0 Å². The van der Waals surface area contributed by atoms with Crippen LogP contribution >= 0.6 is 27.5 Å². The van der Waals surface area contributed by atoms with Crippen LogP contribution in [0.3, 0.4) is 0 Å². The molecule has 1 heterocycles. The number of likely N-dealkylation sites (tertiary alicyclic amines) is 1. The Kier molecular flexibility index (Phi) is 7.16. The minimum Gasteiger partial charge on any atom is -0.367 e. The lowest BCUT2D eigenvalue weighted by atomic mass is 9.97. The van der Waals surface area contributed by atoms with Gasteiger partial charge in [-0.15, -0.1) is 0 Å². The Balaban J connectivity index is 1.80. The molecule has 1 aliphatic rings. The smallest absolute Gasteiger partial charge is 0.0961 e. The minimum absolute atomic E-state index is 0.0639. The van der Waals surface area contributed by atoms with Gasteiger partial charge in [0.05, 0.1) is 12.7 Å². The van der Waals surface area contributed by atoms with Gasteiger partial charge < -0.3 is 9.64 Å². The fraction of sp³-hybridized carbons (Fsp3) is 0.455. The highest BCUT2D eigenvalue weighted by molar-refractivity contribution is 9.10. The summed E-state index contributed by atoms with van der Waals surface area (Å²) in [5.41, 5.74) is 4.96. The molecule has 2 nitrogen and oxygen atoms in total. The van der Waals surface area contributed by atoms with Gasteiger partial charge in [-0.25, -0.2) is 0 Å². The number of piperidine rings is 1. The number of ether oxygens (including phenoxy) is 1. The van der Waals surface area contributed by atoms with Gasteiger partial charge in [-0.3, -0.25) is 0 Å². The van der Waals surface area contributed by atoms with Crippen molar-refractivity contribution in [1.82, 2.24) is 4.90 Å². The molecule has 0 N–H and O–H groups in total. The Morgan fingerprint density at radius 3 is 2.42 bits per heavy atom. The van der Waals surface area contributed by atoms with E-state index in [9.17, 15) is 0 Å². The zero-order valence-electron chi connectivity index (χ0n) is 15.6. The van der Waals surface area contributed by atoms with Crippen LogP contribution < -0.4 is 0 Å². The molecule has 4 heteroatoms. The highest BCUT2D eigenvalue weighted by Crippen LogP contribution is 2.29. The quantitative estimate of drug-likeness (QED) is 0.515. The molecule has 0 spiro atoms. The molecule has 2 aromatic carbocycles. The Labute approximate surface area is 170 Å². The summed E-state index contributed by atoms with van der Waals surface area (Å²) in [7, 11) is 0. The molecular weight excluding hydrogens is 410 g/mol. The van der Waals surface area contributed by atoms with Crippen LogP contribution in [0, 0.1) is 13.8 Å². The number of aryl methyl sites for hydroxylation is 2. The summed E-state index contributed by atoms with van der Waals surface area (Å²) in [5, 5.41) is 0.748. The highest BCUT2D eigenvalue weighted by atomic mass is 79.9. The van der Waals surface area contributed by atoms with E-state index in [1.807, 2.05) is 18.2 Å². The van der Waals surface area contributed by atoms with Crippen LogP contribution in [0.5, 0.6) is 0 Å². The SMILES string of the molecule is Cc1cccc(C)c1C(CN1CCCCC1)OCc1ccc(Br)cc1Cl. The van der Waals surface area contributed by atoms with E-state index in [0.717, 1.165) is 21.6 Å². The van der Waals surface area contributed by atoms with Crippen LogP contribution in [0.2, 0.25) is 5.02 Å². The predicted octanol–water partition coefficient (Wildman–Crippen LogP) is 6.46. The van der Waals surface area contributed by atoms with Gasteiger partial charge in [-0.2, -0.15) is 0 Å². The third-order valence-electron chi connectivity index (χ3n) is 5.19. The van der Waals surface area contributed by atoms with E-state index in [0.29, 0.717) is 6.61 Å². The van der Waals surface area contributed by atoms with E-state index in [-0.39, 0.29) is 6.10 Å². The average molecular weight is 437 g/mol. The molecule has 1 fully saturated rings. The lowest BCUT2D eigenvalue weighted by Crippen LogP contribution is -2.34. The standard InChI is InChI=1S/C22H27BrClNO/c1-16-7-6-8-17(2)22(16)21(14-25-11-4-3-5-12-25)26-15-18-9-10-19(23)13-20(18)24/h6-10,13,21H,3-5,11-12,14-15H2,1-2H3. The second kappa shape index (κ2) is 9.36. The first kappa shape index (κ1) is 19.9. The molecule has 0 aliphatic carbocycles. The molecule has 0 amide bonds. The number of halogens is 2. The highest BCUT2D eigenvalue weighted by Gasteiger charge is 2.22. The maximum Gasteiger partial charge on any atom is 0.0961 e. The Bertz CT molecular complexity index is 723. The summed E-state index contributed by atoms with van der Waals surface area (Å²) >= 11 is 9.86. The molecule has 1 atom stereocenters. The zero-order chi connectivity index (χ0) is 18.5. The van der Waals surface area contributed by atoms with Gasteiger partial charge in [-0.05, 0) is 74.2 Å². The molecule has 140 valence electrons. The van der Waals surface area contributed by atoms with Crippen molar-refractivity contribution in [2.45, 2.75) is 45.8 Å². The Morgan fingerprint density at radius 2 is 1.77 bits per heavy atom. The summed E-state index contributed by atoms with van der Waals surface area (Å²) in [6, 6.07) is 12.5. The van der Waals surface area contributed by atoms with Crippen LogP contribution in [0.15, 0.2) is 40.9 Å². The van der Waals surface area contributed by atoms with E-state index in [1.165, 1.54) is 49.0 Å². The molecule has 0 radical (unpaired) electrons. The number of benzene rings is 2. The van der Waals surface area contributed by atoms with Gasteiger partial charge >= 0.3 is 0 Å². The predicted molar refractivity (Wildman–Crippen MR) is 113 cm³/mol. The van der Waals surface area contributed by atoms with Crippen molar-refractivity contribution >= 4 is 27.5 Å². The normalized spacial score (nSPS) is 16.6. The molecular formula is C22H27BrClNO. The number of hydrogen-bond acceptors (Lipinski definition) is 2. The molecule has 2 aromatic rings. The van der Waals surface area contributed by atoms with Crippen LogP contribution in [0.4, 0.5) is 0 Å². The van der Waals surface area contributed by atoms with Crippen molar-refractivity contribution in [2.75, 3.05) is 19.6 Å². The second-order valence-corrected chi connectivity index (χ2v) is 8.53. The monoisotopic (exact) mass is 435 g/mol. The van der Waals surface area contributed by atoms with Crippen LogP contribution in [0.1, 0.15) is 47.6 Å². The molecule has 3 rings (SSSR count). The summed E-state index contributed by atoms with van der Waals surface area (Å²) in [4.78, 5) is 2.54. The van der Waals surface area contributed by atoms with Gasteiger partial charge in [0.25, 0.3) is 0 Å². The molecule has 1 saturated heterocycles. The summed E-state index contributed by atoms with van der Waals surface area (Å²) in [5.74, 6) is 0. The molecule has 0 saturated carbocycles. The Morgan fingerprint density at radius 1 is 1.08 bits per heavy atom. The van der Waals surface area contributed by atoms with Crippen molar-refractivity contribution in [1.29, 1.82) is 0 Å². The van der Waals surface area contributed by atoms with E-state index < -0.39 is 0 Å². The van der Waals surface area contributed by atoms with Gasteiger partial charge in [0, 0.05) is 16.0 Å². The lowest BCUT2D eigenvalue weighted by molar-refractivity contribution is 0.00933. The van der Waals surface area contributed by atoms with E-state index in [4.69, 9.17) is 16.3 Å². The maximum absolute atomic E-state index is 6.46.